The van der Waals surface area contributed by atoms with Gasteiger partial charge in [-0.2, -0.15) is 0 Å². The number of nitrogens with zero attached hydrogens (tertiary/aromatic N) is 2. The van der Waals surface area contributed by atoms with Gasteiger partial charge < -0.3 is 9.05 Å². The van der Waals surface area contributed by atoms with Crippen LogP contribution in [0.5, 0.6) is 0 Å². The number of rotatable bonds is 6. The van der Waals surface area contributed by atoms with Gasteiger partial charge in [0.2, 0.25) is 0 Å². The molecule has 1 heterocycles. The first kappa shape index (κ1) is 17.7. The van der Waals surface area contributed by atoms with Crippen LogP contribution in [0.3, 0.4) is 0 Å². The van der Waals surface area contributed by atoms with E-state index in [0.29, 0.717) is 22.2 Å². The Morgan fingerprint density at radius 2 is 1.68 bits per heavy atom. The van der Waals surface area contributed by atoms with Crippen LogP contribution in [0.1, 0.15) is 19.4 Å². The molecule has 2 aromatic carbocycles. The lowest BCUT2D eigenvalue weighted by Crippen LogP contribution is -2.17. The van der Waals surface area contributed by atoms with E-state index in [1.165, 1.54) is 0 Å². The second kappa shape index (κ2) is 7.44. The van der Waals surface area contributed by atoms with Gasteiger partial charge in [0.1, 0.15) is 0 Å². The highest BCUT2D eigenvalue weighted by Crippen LogP contribution is 2.47. The van der Waals surface area contributed by atoms with Crippen molar-refractivity contribution in [3.63, 3.8) is 0 Å². The summed E-state index contributed by atoms with van der Waals surface area (Å²) in [6.07, 6.45) is 0. The molecule has 5 nitrogen and oxygen atoms in total. The summed E-state index contributed by atoms with van der Waals surface area (Å²) in [5.41, 5.74) is 3.00. The molecule has 0 saturated carbocycles. The maximum Gasteiger partial charge on any atom is 0.380 e. The molecule has 0 aliphatic heterocycles. The lowest BCUT2D eigenvalue weighted by atomic mass is 10.1. The molecule has 6 heteroatoms. The Bertz CT molecular complexity index is 933. The minimum atomic E-state index is -3.53. The number of hydrogen-bond acceptors (Lipinski definition) is 5. The van der Waals surface area contributed by atoms with Crippen LogP contribution in [-0.2, 0) is 13.6 Å². The molecule has 0 N–H and O–H groups in total. The van der Waals surface area contributed by atoms with Gasteiger partial charge in [0.25, 0.3) is 0 Å². The number of benzene rings is 2. The molecular formula is C19H21N2O3P. The monoisotopic (exact) mass is 356 g/mol. The summed E-state index contributed by atoms with van der Waals surface area (Å²) in [5, 5.41) is 0.684. The van der Waals surface area contributed by atoms with Crippen molar-refractivity contribution in [1.82, 2.24) is 9.97 Å². The average Bonchev–Trinajstić information content (AvgIpc) is 2.61. The van der Waals surface area contributed by atoms with Gasteiger partial charge in [-0.25, -0.2) is 9.97 Å². The zero-order chi connectivity index (χ0) is 17.9. The summed E-state index contributed by atoms with van der Waals surface area (Å²) in [4.78, 5) is 9.24. The number of aromatic nitrogens is 2. The first-order valence-electron chi connectivity index (χ1n) is 8.31. The fourth-order valence-corrected chi connectivity index (χ4v) is 4.38. The summed E-state index contributed by atoms with van der Waals surface area (Å²) < 4.78 is 24.4. The maximum atomic E-state index is 13.3. The van der Waals surface area contributed by atoms with E-state index in [2.05, 4.69) is 9.97 Å². The molecule has 130 valence electrons. The molecule has 0 saturated heterocycles. The lowest BCUT2D eigenvalue weighted by Gasteiger charge is -2.18. The summed E-state index contributed by atoms with van der Waals surface area (Å²) in [7, 11) is -3.53. The van der Waals surface area contributed by atoms with Gasteiger partial charge in [-0.15, -0.1) is 0 Å². The lowest BCUT2D eigenvalue weighted by molar-refractivity contribution is 0.229. The molecule has 0 aliphatic rings. The molecule has 0 unspecified atom stereocenters. The molecule has 0 bridgehead atoms. The molecule has 0 atom stereocenters. The molecule has 25 heavy (non-hydrogen) atoms. The van der Waals surface area contributed by atoms with E-state index in [1.807, 2.05) is 55.5 Å². The van der Waals surface area contributed by atoms with E-state index in [1.54, 1.807) is 13.8 Å². The van der Waals surface area contributed by atoms with Gasteiger partial charge in [-0.3, -0.25) is 4.57 Å². The van der Waals surface area contributed by atoms with Crippen LogP contribution in [0.2, 0.25) is 0 Å². The highest BCUT2D eigenvalue weighted by Gasteiger charge is 2.32. The molecule has 0 spiro atoms. The second-order valence-corrected chi connectivity index (χ2v) is 7.53. The predicted molar refractivity (Wildman–Crippen MR) is 100 cm³/mol. The Labute approximate surface area is 147 Å². The second-order valence-electron chi connectivity index (χ2n) is 5.59. The zero-order valence-corrected chi connectivity index (χ0v) is 15.5. The maximum absolute atomic E-state index is 13.3. The van der Waals surface area contributed by atoms with Crippen LogP contribution in [0.25, 0.3) is 22.3 Å². The number of para-hydroxylation sites is 1. The molecule has 3 rings (SSSR count). The first-order valence-corrected chi connectivity index (χ1v) is 9.85. The number of aryl methyl sites for hydroxylation is 1. The fourth-order valence-electron chi connectivity index (χ4n) is 2.68. The standard InChI is InChI=1S/C19H21N2O3P/c1-4-23-25(22,24-5-2)19-16-11-6-7-12-17(16)20-18(21-19)15-10-8-9-14(3)13-15/h6-13H,4-5H2,1-3H3. The summed E-state index contributed by atoms with van der Waals surface area (Å²) in [5.74, 6) is 0.511. The van der Waals surface area contributed by atoms with E-state index in [4.69, 9.17) is 9.05 Å². The van der Waals surface area contributed by atoms with E-state index in [9.17, 15) is 4.57 Å². The largest absolute Gasteiger partial charge is 0.380 e. The zero-order valence-electron chi connectivity index (χ0n) is 14.6. The van der Waals surface area contributed by atoms with Gasteiger partial charge in [-0.1, -0.05) is 42.0 Å². The van der Waals surface area contributed by atoms with Gasteiger partial charge in [0.15, 0.2) is 11.3 Å². The number of fused-ring (bicyclic) bond motifs is 1. The third-order valence-electron chi connectivity index (χ3n) is 3.72. The van der Waals surface area contributed by atoms with E-state index >= 15 is 0 Å². The minimum Gasteiger partial charge on any atom is -0.304 e. The van der Waals surface area contributed by atoms with E-state index in [0.717, 1.165) is 11.1 Å². The molecule has 0 amide bonds. The topological polar surface area (TPSA) is 61.3 Å². The Hall–Kier alpha value is -2.07. The minimum absolute atomic E-state index is 0.273. The Kier molecular flexibility index (Phi) is 5.28. The summed E-state index contributed by atoms with van der Waals surface area (Å²) in [6.45, 7) is 6.13. The SMILES string of the molecule is CCOP(=O)(OCC)c1nc(-c2cccc(C)c2)nc2ccccc12. The molecule has 0 aliphatic carbocycles. The Morgan fingerprint density at radius 1 is 0.960 bits per heavy atom. The smallest absolute Gasteiger partial charge is 0.304 e. The van der Waals surface area contributed by atoms with Crippen molar-refractivity contribution in [2.75, 3.05) is 13.2 Å². The quantitative estimate of drug-likeness (QED) is 0.609. The third-order valence-corrected chi connectivity index (χ3v) is 5.77. The normalized spacial score (nSPS) is 11.8. The van der Waals surface area contributed by atoms with Crippen LogP contribution in [0, 0.1) is 6.92 Å². The van der Waals surface area contributed by atoms with Crippen molar-refractivity contribution >= 4 is 23.9 Å². The molecule has 0 fully saturated rings. The molecule has 1 aromatic heterocycles. The van der Waals surface area contributed by atoms with Crippen molar-refractivity contribution < 1.29 is 13.6 Å². The van der Waals surface area contributed by atoms with Gasteiger partial charge in [0, 0.05) is 10.9 Å². The highest BCUT2D eigenvalue weighted by molar-refractivity contribution is 7.62. The van der Waals surface area contributed by atoms with Crippen LogP contribution in [0.4, 0.5) is 0 Å². The first-order chi connectivity index (χ1) is 12.1. The van der Waals surface area contributed by atoms with Gasteiger partial charge >= 0.3 is 7.60 Å². The summed E-state index contributed by atoms with van der Waals surface area (Å²) in [6, 6.07) is 15.4. The van der Waals surface area contributed by atoms with Crippen LogP contribution < -0.4 is 5.44 Å². The summed E-state index contributed by atoms with van der Waals surface area (Å²) >= 11 is 0. The van der Waals surface area contributed by atoms with Gasteiger partial charge in [0.05, 0.1) is 18.7 Å². The highest BCUT2D eigenvalue weighted by atomic mass is 31.2. The number of hydrogen-bond donors (Lipinski definition) is 0. The van der Waals surface area contributed by atoms with Crippen LogP contribution in [-0.4, -0.2) is 23.2 Å². The van der Waals surface area contributed by atoms with Crippen molar-refractivity contribution in [3.05, 3.63) is 54.1 Å². The van der Waals surface area contributed by atoms with Crippen molar-refractivity contribution in [3.8, 4) is 11.4 Å². The fraction of sp³-hybridized carbons (Fsp3) is 0.263. The Morgan fingerprint density at radius 3 is 2.36 bits per heavy atom. The molecular weight excluding hydrogens is 335 g/mol. The van der Waals surface area contributed by atoms with E-state index in [-0.39, 0.29) is 13.2 Å². The van der Waals surface area contributed by atoms with Crippen molar-refractivity contribution in [2.45, 2.75) is 20.8 Å². The molecule has 0 radical (unpaired) electrons. The third kappa shape index (κ3) is 3.64. The molecule has 3 aromatic rings. The van der Waals surface area contributed by atoms with Crippen molar-refractivity contribution in [1.29, 1.82) is 0 Å². The average molecular weight is 356 g/mol. The predicted octanol–water partition coefficient (Wildman–Crippen LogP) is 4.50. The van der Waals surface area contributed by atoms with Crippen molar-refractivity contribution in [2.24, 2.45) is 0 Å². The van der Waals surface area contributed by atoms with Gasteiger partial charge in [-0.05, 0) is 32.9 Å². The Balaban J connectivity index is 2.28. The van der Waals surface area contributed by atoms with E-state index < -0.39 is 7.60 Å². The van der Waals surface area contributed by atoms with Crippen LogP contribution >= 0.6 is 7.60 Å². The van der Waals surface area contributed by atoms with Crippen LogP contribution in [0.15, 0.2) is 48.5 Å².